The van der Waals surface area contributed by atoms with Crippen LogP contribution in [0.1, 0.15) is 37.8 Å². The van der Waals surface area contributed by atoms with Crippen LogP contribution >= 0.6 is 0 Å². The number of rotatable bonds is 9. The highest BCUT2D eigenvalue weighted by Crippen LogP contribution is 2.26. The zero-order valence-electron chi connectivity index (χ0n) is 18.1. The number of hydrogen-bond donors (Lipinski definition) is 2. The molecule has 2 aromatic rings. The van der Waals surface area contributed by atoms with Gasteiger partial charge in [0.15, 0.2) is 11.6 Å². The van der Waals surface area contributed by atoms with Gasteiger partial charge in [0.05, 0.1) is 10.9 Å². The van der Waals surface area contributed by atoms with E-state index < -0.39 is 21.7 Å². The van der Waals surface area contributed by atoms with Gasteiger partial charge in [0, 0.05) is 19.5 Å². The molecule has 2 aromatic carbocycles. The molecule has 9 heteroatoms. The molecule has 32 heavy (non-hydrogen) atoms. The number of nitrogens with one attached hydrogen (secondary N) is 2. The number of piperidine rings is 1. The average Bonchev–Trinajstić information content (AvgIpc) is 2.77. The summed E-state index contributed by atoms with van der Waals surface area (Å²) in [6, 6.07) is 12.4. The molecule has 0 spiro atoms. The average molecular weight is 466 g/mol. The van der Waals surface area contributed by atoms with E-state index in [2.05, 4.69) is 21.9 Å². The monoisotopic (exact) mass is 465 g/mol. The minimum atomic E-state index is -4.04. The van der Waals surface area contributed by atoms with E-state index >= 15 is 0 Å². The Morgan fingerprint density at radius 3 is 2.44 bits per heavy atom. The maximum absolute atomic E-state index is 13.3. The molecule has 1 saturated heterocycles. The number of sulfonamides is 1. The van der Waals surface area contributed by atoms with Crippen molar-refractivity contribution in [2.45, 2.75) is 37.1 Å². The van der Waals surface area contributed by atoms with E-state index in [-0.39, 0.29) is 29.8 Å². The first-order valence-corrected chi connectivity index (χ1v) is 12.2. The standard InChI is InChI=1S/C23H29F2N3O3S/c1-17-10-13-28(14-11-17)22(18-5-3-2-4-6-18)16-26-23(29)9-12-27-32(30,31)19-7-8-20(24)21(25)15-19/h2-8,15,17,22,27H,9-14,16H2,1H3,(H,26,29). The van der Waals surface area contributed by atoms with Crippen molar-refractivity contribution in [3.8, 4) is 0 Å². The van der Waals surface area contributed by atoms with Crippen LogP contribution in [0.5, 0.6) is 0 Å². The highest BCUT2D eigenvalue weighted by Gasteiger charge is 2.25. The lowest BCUT2D eigenvalue weighted by Crippen LogP contribution is -2.42. The third-order valence-electron chi connectivity index (χ3n) is 5.78. The molecule has 1 aliphatic heterocycles. The molecule has 1 aliphatic rings. The van der Waals surface area contributed by atoms with Gasteiger partial charge in [-0.25, -0.2) is 21.9 Å². The fourth-order valence-electron chi connectivity index (χ4n) is 3.80. The first-order chi connectivity index (χ1) is 15.3. The van der Waals surface area contributed by atoms with E-state index in [9.17, 15) is 22.0 Å². The molecule has 0 aliphatic carbocycles. The maximum atomic E-state index is 13.3. The van der Waals surface area contributed by atoms with Gasteiger partial charge >= 0.3 is 0 Å². The molecule has 0 radical (unpaired) electrons. The van der Waals surface area contributed by atoms with Crippen molar-refractivity contribution in [2.75, 3.05) is 26.2 Å². The van der Waals surface area contributed by atoms with E-state index in [1.165, 1.54) is 0 Å². The van der Waals surface area contributed by atoms with Crippen LogP contribution in [-0.4, -0.2) is 45.4 Å². The molecule has 0 bridgehead atoms. The molecule has 0 saturated carbocycles. The molecule has 1 heterocycles. The number of carbonyl (C=O) groups is 1. The summed E-state index contributed by atoms with van der Waals surface area (Å²) in [6.07, 6.45) is 2.16. The van der Waals surface area contributed by atoms with Crippen LogP contribution < -0.4 is 10.0 Å². The molecular weight excluding hydrogens is 436 g/mol. The molecule has 3 rings (SSSR count). The topological polar surface area (TPSA) is 78.5 Å². The second kappa shape index (κ2) is 11.0. The van der Waals surface area contributed by atoms with Crippen molar-refractivity contribution in [1.82, 2.24) is 14.9 Å². The van der Waals surface area contributed by atoms with E-state index in [0.717, 1.165) is 43.6 Å². The van der Waals surface area contributed by atoms with E-state index in [1.807, 2.05) is 30.3 Å². The summed E-state index contributed by atoms with van der Waals surface area (Å²) in [7, 11) is -4.04. The Morgan fingerprint density at radius 2 is 1.78 bits per heavy atom. The number of carbonyl (C=O) groups excluding carboxylic acids is 1. The molecule has 2 N–H and O–H groups in total. The van der Waals surface area contributed by atoms with Gasteiger partial charge in [-0.3, -0.25) is 9.69 Å². The predicted molar refractivity (Wildman–Crippen MR) is 118 cm³/mol. The summed E-state index contributed by atoms with van der Waals surface area (Å²) in [4.78, 5) is 14.3. The van der Waals surface area contributed by atoms with Crippen LogP contribution in [0.25, 0.3) is 0 Å². The van der Waals surface area contributed by atoms with Crippen LogP contribution in [0.15, 0.2) is 53.4 Å². The van der Waals surface area contributed by atoms with Crippen molar-refractivity contribution < 1.29 is 22.0 Å². The Bertz CT molecular complexity index is 1010. The van der Waals surface area contributed by atoms with Crippen LogP contribution in [0.2, 0.25) is 0 Å². The first-order valence-electron chi connectivity index (χ1n) is 10.8. The summed E-state index contributed by atoms with van der Waals surface area (Å²) in [5, 5.41) is 2.91. The summed E-state index contributed by atoms with van der Waals surface area (Å²) >= 11 is 0. The lowest BCUT2D eigenvalue weighted by atomic mass is 9.95. The highest BCUT2D eigenvalue weighted by atomic mass is 32.2. The lowest BCUT2D eigenvalue weighted by molar-refractivity contribution is -0.121. The van der Waals surface area contributed by atoms with Gasteiger partial charge in [-0.15, -0.1) is 0 Å². The maximum Gasteiger partial charge on any atom is 0.240 e. The van der Waals surface area contributed by atoms with Crippen molar-refractivity contribution in [3.05, 3.63) is 65.7 Å². The Balaban J connectivity index is 1.53. The lowest BCUT2D eigenvalue weighted by Gasteiger charge is -2.37. The number of benzene rings is 2. The van der Waals surface area contributed by atoms with Gasteiger partial charge in [0.2, 0.25) is 15.9 Å². The van der Waals surface area contributed by atoms with Gasteiger partial charge in [-0.1, -0.05) is 37.3 Å². The fraction of sp³-hybridized carbons (Fsp3) is 0.435. The number of nitrogens with zero attached hydrogens (tertiary/aromatic N) is 1. The number of likely N-dealkylation sites (tertiary alicyclic amines) is 1. The smallest absolute Gasteiger partial charge is 0.240 e. The van der Waals surface area contributed by atoms with E-state index in [1.54, 1.807) is 0 Å². The largest absolute Gasteiger partial charge is 0.354 e. The molecule has 6 nitrogen and oxygen atoms in total. The zero-order valence-corrected chi connectivity index (χ0v) is 18.9. The number of hydrogen-bond acceptors (Lipinski definition) is 4. The minimum Gasteiger partial charge on any atom is -0.354 e. The quantitative estimate of drug-likeness (QED) is 0.596. The normalized spacial score (nSPS) is 16.6. The number of amides is 1. The fourth-order valence-corrected chi connectivity index (χ4v) is 4.84. The van der Waals surface area contributed by atoms with Crippen LogP contribution in [0, 0.1) is 17.6 Å². The molecular formula is C23H29F2N3O3S. The minimum absolute atomic E-state index is 0.0477. The molecule has 0 aromatic heterocycles. The van der Waals surface area contributed by atoms with Crippen molar-refractivity contribution in [3.63, 3.8) is 0 Å². The van der Waals surface area contributed by atoms with Gasteiger partial charge < -0.3 is 5.32 Å². The van der Waals surface area contributed by atoms with Gasteiger partial charge in [0.25, 0.3) is 0 Å². The van der Waals surface area contributed by atoms with Crippen molar-refractivity contribution in [1.29, 1.82) is 0 Å². The van der Waals surface area contributed by atoms with Gasteiger partial charge in [0.1, 0.15) is 0 Å². The summed E-state index contributed by atoms with van der Waals surface area (Å²) < 4.78 is 53.0. The van der Waals surface area contributed by atoms with Crippen molar-refractivity contribution in [2.24, 2.45) is 5.92 Å². The second-order valence-electron chi connectivity index (χ2n) is 8.17. The SMILES string of the molecule is CC1CCN(C(CNC(=O)CCNS(=O)(=O)c2ccc(F)c(F)c2)c2ccccc2)CC1. The van der Waals surface area contributed by atoms with Crippen LogP contribution in [-0.2, 0) is 14.8 Å². The molecule has 1 atom stereocenters. The summed E-state index contributed by atoms with van der Waals surface area (Å²) in [5.41, 5.74) is 1.13. The zero-order chi connectivity index (χ0) is 23.1. The molecule has 174 valence electrons. The highest BCUT2D eigenvalue weighted by molar-refractivity contribution is 7.89. The predicted octanol–water partition coefficient (Wildman–Crippen LogP) is 3.22. The Morgan fingerprint density at radius 1 is 1.09 bits per heavy atom. The first kappa shape index (κ1) is 24.3. The molecule has 1 unspecified atom stereocenters. The Labute approximate surface area is 188 Å². The van der Waals surface area contributed by atoms with E-state index in [4.69, 9.17) is 0 Å². The van der Waals surface area contributed by atoms with Crippen LogP contribution in [0.4, 0.5) is 8.78 Å². The third kappa shape index (κ3) is 6.57. The van der Waals surface area contributed by atoms with Crippen molar-refractivity contribution >= 4 is 15.9 Å². The van der Waals surface area contributed by atoms with Gasteiger partial charge in [-0.2, -0.15) is 0 Å². The third-order valence-corrected chi connectivity index (χ3v) is 7.24. The van der Waals surface area contributed by atoms with Crippen LogP contribution in [0.3, 0.4) is 0 Å². The summed E-state index contributed by atoms with van der Waals surface area (Å²) in [6.45, 7) is 4.45. The second-order valence-corrected chi connectivity index (χ2v) is 9.94. The Kier molecular flexibility index (Phi) is 8.33. The molecule has 1 fully saturated rings. The molecule has 1 amide bonds. The Hall–Kier alpha value is -2.36. The number of halogens is 2. The van der Waals surface area contributed by atoms with Gasteiger partial charge in [-0.05, 0) is 55.6 Å². The van der Waals surface area contributed by atoms with E-state index in [0.29, 0.717) is 18.5 Å². The summed E-state index contributed by atoms with van der Waals surface area (Å²) in [5.74, 6) is -1.96.